The first-order valence-electron chi connectivity index (χ1n) is 6.88. The van der Waals surface area contributed by atoms with Gasteiger partial charge in [0.2, 0.25) is 0 Å². The molecule has 1 rings (SSSR count). The first kappa shape index (κ1) is 16.8. The molecule has 0 radical (unpaired) electrons. The molecular weight excluding hydrogens is 272 g/mol. The summed E-state index contributed by atoms with van der Waals surface area (Å²) >= 11 is 0. The predicted molar refractivity (Wildman–Crippen MR) is 80.2 cm³/mol. The third-order valence-corrected chi connectivity index (χ3v) is 2.63. The van der Waals surface area contributed by atoms with Crippen molar-refractivity contribution in [3.8, 4) is 5.75 Å². The first-order valence-corrected chi connectivity index (χ1v) is 6.88. The normalized spacial score (nSPS) is 11.9. The van der Waals surface area contributed by atoms with Gasteiger partial charge in [-0.25, -0.2) is 4.79 Å². The summed E-state index contributed by atoms with van der Waals surface area (Å²) in [6, 6.07) is 4.62. The van der Waals surface area contributed by atoms with Crippen molar-refractivity contribution in [1.29, 1.82) is 0 Å². The Labute approximate surface area is 124 Å². The number of benzene rings is 1. The summed E-state index contributed by atoms with van der Waals surface area (Å²) in [5.41, 5.74) is 6.42. The maximum atomic E-state index is 12.0. The van der Waals surface area contributed by atoms with E-state index in [0.29, 0.717) is 18.0 Å². The molecule has 0 fully saturated rings. The topological polar surface area (TPSA) is 90.6 Å². The van der Waals surface area contributed by atoms with E-state index in [1.165, 1.54) is 13.0 Å². The maximum Gasteiger partial charge on any atom is 0.338 e. The summed E-state index contributed by atoms with van der Waals surface area (Å²) < 4.78 is 10.4. The Bertz CT molecular complexity index is 514. The second kappa shape index (κ2) is 7.52. The summed E-state index contributed by atoms with van der Waals surface area (Å²) in [5.74, 6) is -0.423. The van der Waals surface area contributed by atoms with Crippen LogP contribution < -0.4 is 15.8 Å². The van der Waals surface area contributed by atoms with E-state index in [9.17, 15) is 9.59 Å². The van der Waals surface area contributed by atoms with Crippen LogP contribution in [0, 0.1) is 0 Å². The van der Waals surface area contributed by atoms with E-state index < -0.39 is 12.1 Å². The zero-order valence-corrected chi connectivity index (χ0v) is 12.8. The Morgan fingerprint density at radius 2 is 1.95 bits per heavy atom. The van der Waals surface area contributed by atoms with Crippen LogP contribution in [0.2, 0.25) is 0 Å². The fraction of sp³-hybridized carbons (Fsp3) is 0.467. The minimum atomic E-state index is -0.868. The third kappa shape index (κ3) is 4.98. The van der Waals surface area contributed by atoms with Crippen molar-refractivity contribution < 1.29 is 19.1 Å². The maximum absolute atomic E-state index is 12.0. The molecule has 0 aliphatic heterocycles. The molecule has 0 aliphatic carbocycles. The second-order valence-corrected chi connectivity index (χ2v) is 4.90. The molecule has 3 N–H and O–H groups in total. The highest BCUT2D eigenvalue weighted by atomic mass is 16.5. The van der Waals surface area contributed by atoms with E-state index in [1.807, 2.05) is 20.8 Å². The molecule has 0 aliphatic rings. The Morgan fingerprint density at radius 1 is 1.29 bits per heavy atom. The van der Waals surface area contributed by atoms with Crippen LogP contribution >= 0.6 is 0 Å². The highest BCUT2D eigenvalue weighted by molar-refractivity contribution is 5.93. The van der Waals surface area contributed by atoms with E-state index in [4.69, 9.17) is 15.2 Å². The van der Waals surface area contributed by atoms with Crippen molar-refractivity contribution in [2.45, 2.75) is 39.8 Å². The minimum absolute atomic E-state index is 0.0141. The predicted octanol–water partition coefficient (Wildman–Crippen LogP) is 1.74. The molecule has 0 saturated heterocycles. The number of carbonyl (C=O) groups excluding carboxylic acids is 2. The molecule has 21 heavy (non-hydrogen) atoms. The van der Waals surface area contributed by atoms with Crippen LogP contribution in [0.25, 0.3) is 0 Å². The van der Waals surface area contributed by atoms with Crippen molar-refractivity contribution in [2.24, 2.45) is 0 Å². The average molecular weight is 294 g/mol. The minimum Gasteiger partial charge on any atom is -0.492 e. The average Bonchev–Trinajstić information content (AvgIpc) is 2.40. The van der Waals surface area contributed by atoms with Gasteiger partial charge in [0.05, 0.1) is 17.9 Å². The van der Waals surface area contributed by atoms with E-state index >= 15 is 0 Å². The second-order valence-electron chi connectivity index (χ2n) is 4.90. The van der Waals surface area contributed by atoms with Crippen LogP contribution in [0.15, 0.2) is 18.2 Å². The number of hydrogen-bond donors (Lipinski definition) is 2. The lowest BCUT2D eigenvalue weighted by atomic mass is 10.2. The van der Waals surface area contributed by atoms with E-state index in [1.54, 1.807) is 12.1 Å². The van der Waals surface area contributed by atoms with Gasteiger partial charge in [0.1, 0.15) is 5.75 Å². The summed E-state index contributed by atoms with van der Waals surface area (Å²) in [4.78, 5) is 23.7. The molecule has 6 heteroatoms. The van der Waals surface area contributed by atoms with Crippen molar-refractivity contribution in [2.75, 3.05) is 12.3 Å². The summed E-state index contributed by atoms with van der Waals surface area (Å²) in [6.45, 7) is 7.52. The van der Waals surface area contributed by atoms with Crippen molar-refractivity contribution in [3.05, 3.63) is 23.8 Å². The summed E-state index contributed by atoms with van der Waals surface area (Å²) in [6.07, 6.45) is -0.868. The number of nitrogens with one attached hydrogen (secondary N) is 1. The molecule has 0 bridgehead atoms. The van der Waals surface area contributed by atoms with Crippen LogP contribution in [0.4, 0.5) is 5.69 Å². The van der Waals surface area contributed by atoms with E-state index in [-0.39, 0.29) is 17.5 Å². The lowest BCUT2D eigenvalue weighted by Gasteiger charge is -2.15. The van der Waals surface area contributed by atoms with Gasteiger partial charge in [-0.1, -0.05) is 0 Å². The van der Waals surface area contributed by atoms with Crippen molar-refractivity contribution in [1.82, 2.24) is 5.32 Å². The number of nitrogen functional groups attached to an aromatic ring is 1. The molecule has 6 nitrogen and oxygen atoms in total. The Balaban J connectivity index is 2.71. The molecule has 0 saturated carbocycles. The van der Waals surface area contributed by atoms with Crippen molar-refractivity contribution in [3.63, 3.8) is 0 Å². The summed E-state index contributed by atoms with van der Waals surface area (Å²) in [5, 5.41) is 2.68. The lowest BCUT2D eigenvalue weighted by Crippen LogP contribution is -2.39. The van der Waals surface area contributed by atoms with Gasteiger partial charge in [0, 0.05) is 6.04 Å². The van der Waals surface area contributed by atoms with Gasteiger partial charge in [0.25, 0.3) is 5.91 Å². The SMILES string of the molecule is CCOc1ccc(C(=O)OC(C)C(=O)NC(C)C)cc1N. The fourth-order valence-electron chi connectivity index (χ4n) is 1.65. The van der Waals surface area contributed by atoms with Gasteiger partial charge in [0.15, 0.2) is 6.10 Å². The number of hydrogen-bond acceptors (Lipinski definition) is 5. The number of rotatable bonds is 6. The largest absolute Gasteiger partial charge is 0.492 e. The zero-order valence-electron chi connectivity index (χ0n) is 12.8. The van der Waals surface area contributed by atoms with E-state index in [2.05, 4.69) is 5.32 Å². The standard InChI is InChI=1S/C15H22N2O4/c1-5-20-13-7-6-11(8-12(13)16)15(19)21-10(4)14(18)17-9(2)3/h6-10H,5,16H2,1-4H3,(H,17,18). The molecule has 1 aromatic rings. The zero-order chi connectivity index (χ0) is 16.0. The molecule has 1 atom stereocenters. The lowest BCUT2D eigenvalue weighted by molar-refractivity contribution is -0.129. The number of anilines is 1. The molecule has 1 amide bonds. The number of amides is 1. The number of carbonyl (C=O) groups is 2. The summed E-state index contributed by atoms with van der Waals surface area (Å²) in [7, 11) is 0. The van der Waals surface area contributed by atoms with Crippen molar-refractivity contribution >= 4 is 17.6 Å². The Morgan fingerprint density at radius 3 is 2.48 bits per heavy atom. The smallest absolute Gasteiger partial charge is 0.338 e. The first-order chi connectivity index (χ1) is 9.85. The molecule has 116 valence electrons. The molecule has 0 heterocycles. The van der Waals surface area contributed by atoms with Crippen LogP contribution in [-0.4, -0.2) is 30.6 Å². The molecule has 0 aromatic heterocycles. The number of ether oxygens (including phenoxy) is 2. The Kier molecular flexibility index (Phi) is 6.02. The van der Waals surface area contributed by atoms with Gasteiger partial charge < -0.3 is 20.5 Å². The molecular formula is C15H22N2O4. The van der Waals surface area contributed by atoms with Gasteiger partial charge in [-0.15, -0.1) is 0 Å². The number of esters is 1. The highest BCUT2D eigenvalue weighted by Crippen LogP contribution is 2.23. The van der Waals surface area contributed by atoms with Crippen LogP contribution in [0.1, 0.15) is 38.1 Å². The molecule has 1 aromatic carbocycles. The third-order valence-electron chi connectivity index (χ3n) is 2.63. The quantitative estimate of drug-likeness (QED) is 0.616. The van der Waals surface area contributed by atoms with Crippen LogP contribution in [0.3, 0.4) is 0 Å². The highest BCUT2D eigenvalue weighted by Gasteiger charge is 2.19. The Hall–Kier alpha value is -2.24. The van der Waals surface area contributed by atoms with Gasteiger partial charge in [-0.2, -0.15) is 0 Å². The van der Waals surface area contributed by atoms with Crippen LogP contribution in [0.5, 0.6) is 5.75 Å². The number of nitrogens with two attached hydrogens (primary N) is 1. The fourth-order valence-corrected chi connectivity index (χ4v) is 1.65. The van der Waals surface area contributed by atoms with E-state index in [0.717, 1.165) is 0 Å². The van der Waals surface area contributed by atoms with Gasteiger partial charge >= 0.3 is 5.97 Å². The van der Waals surface area contributed by atoms with Crippen LogP contribution in [-0.2, 0) is 9.53 Å². The monoisotopic (exact) mass is 294 g/mol. The van der Waals surface area contributed by atoms with Gasteiger partial charge in [-0.3, -0.25) is 4.79 Å². The van der Waals surface area contributed by atoms with Gasteiger partial charge in [-0.05, 0) is 45.9 Å². The molecule has 0 spiro atoms. The molecule has 1 unspecified atom stereocenters.